The Morgan fingerprint density at radius 1 is 1.10 bits per heavy atom. The molecule has 2 rings (SSSR count). The van der Waals surface area contributed by atoms with Gasteiger partial charge in [-0.3, -0.25) is 4.79 Å². The molecule has 104 valence electrons. The Morgan fingerprint density at radius 2 is 1.75 bits per heavy atom. The van der Waals surface area contributed by atoms with Gasteiger partial charge in [0.2, 0.25) is 0 Å². The van der Waals surface area contributed by atoms with Crippen LogP contribution in [0.1, 0.15) is 34.0 Å². The molecule has 0 radical (unpaired) electrons. The van der Waals surface area contributed by atoms with Crippen LogP contribution in [-0.2, 0) is 6.42 Å². The summed E-state index contributed by atoms with van der Waals surface area (Å²) < 4.78 is 0. The highest BCUT2D eigenvalue weighted by atomic mass is 16.1. The summed E-state index contributed by atoms with van der Waals surface area (Å²) in [6, 6.07) is 11.6. The van der Waals surface area contributed by atoms with Gasteiger partial charge in [0.05, 0.1) is 0 Å². The number of nitrogen functional groups attached to an aromatic ring is 1. The standard InChI is InChI=1S/C17H20N2O/c1-4-13-5-7-14(8-6-13)19-17(20)15-10-16(18)12(3)9-11(15)2/h5-10H,4,18H2,1-3H3,(H,19,20). The Labute approximate surface area is 119 Å². The molecule has 0 aromatic heterocycles. The van der Waals surface area contributed by atoms with Crippen molar-refractivity contribution in [2.45, 2.75) is 27.2 Å². The van der Waals surface area contributed by atoms with Crippen LogP contribution in [0.4, 0.5) is 11.4 Å². The molecule has 0 bridgehead atoms. The van der Waals surface area contributed by atoms with Crippen LogP contribution in [0, 0.1) is 13.8 Å². The molecule has 3 heteroatoms. The lowest BCUT2D eigenvalue weighted by atomic mass is 10.0. The van der Waals surface area contributed by atoms with Crippen LogP contribution in [0.25, 0.3) is 0 Å². The number of carbonyl (C=O) groups excluding carboxylic acids is 1. The predicted molar refractivity (Wildman–Crippen MR) is 84.1 cm³/mol. The third-order valence-electron chi connectivity index (χ3n) is 3.48. The minimum absolute atomic E-state index is 0.126. The van der Waals surface area contributed by atoms with Gasteiger partial charge in [-0.05, 0) is 55.2 Å². The van der Waals surface area contributed by atoms with Crippen molar-refractivity contribution in [3.63, 3.8) is 0 Å². The van der Waals surface area contributed by atoms with Gasteiger partial charge in [0, 0.05) is 16.9 Å². The predicted octanol–water partition coefficient (Wildman–Crippen LogP) is 3.70. The first kappa shape index (κ1) is 14.1. The fraction of sp³-hybridized carbons (Fsp3) is 0.235. The van der Waals surface area contributed by atoms with Gasteiger partial charge in [0.15, 0.2) is 0 Å². The van der Waals surface area contributed by atoms with Crippen LogP contribution in [0.15, 0.2) is 36.4 Å². The number of nitrogens with two attached hydrogens (primary N) is 1. The zero-order chi connectivity index (χ0) is 14.7. The van der Waals surface area contributed by atoms with Gasteiger partial charge in [0.25, 0.3) is 5.91 Å². The van der Waals surface area contributed by atoms with Crippen LogP contribution >= 0.6 is 0 Å². The molecule has 2 aromatic rings. The van der Waals surface area contributed by atoms with Gasteiger partial charge in [-0.15, -0.1) is 0 Å². The van der Waals surface area contributed by atoms with Crippen molar-refractivity contribution >= 4 is 17.3 Å². The largest absolute Gasteiger partial charge is 0.398 e. The number of hydrogen-bond acceptors (Lipinski definition) is 2. The molecule has 0 spiro atoms. The van der Waals surface area contributed by atoms with E-state index in [0.717, 1.165) is 23.2 Å². The second-order valence-corrected chi connectivity index (χ2v) is 5.03. The van der Waals surface area contributed by atoms with Crippen molar-refractivity contribution < 1.29 is 4.79 Å². The van der Waals surface area contributed by atoms with E-state index >= 15 is 0 Å². The van der Waals surface area contributed by atoms with E-state index in [0.29, 0.717) is 11.3 Å². The lowest BCUT2D eigenvalue weighted by Gasteiger charge is -2.10. The van der Waals surface area contributed by atoms with E-state index in [9.17, 15) is 4.79 Å². The monoisotopic (exact) mass is 268 g/mol. The molecule has 2 aromatic carbocycles. The molecule has 0 aliphatic carbocycles. The summed E-state index contributed by atoms with van der Waals surface area (Å²) in [7, 11) is 0. The molecule has 3 N–H and O–H groups in total. The van der Waals surface area contributed by atoms with E-state index in [2.05, 4.69) is 12.2 Å². The zero-order valence-electron chi connectivity index (χ0n) is 12.2. The third-order valence-corrected chi connectivity index (χ3v) is 3.48. The van der Waals surface area contributed by atoms with Gasteiger partial charge in [-0.1, -0.05) is 25.1 Å². The zero-order valence-corrected chi connectivity index (χ0v) is 12.2. The molecule has 0 saturated heterocycles. The van der Waals surface area contributed by atoms with Crippen LogP contribution < -0.4 is 11.1 Å². The number of aryl methyl sites for hydroxylation is 3. The van der Waals surface area contributed by atoms with Gasteiger partial charge in [-0.25, -0.2) is 0 Å². The van der Waals surface area contributed by atoms with E-state index in [1.165, 1.54) is 5.56 Å². The van der Waals surface area contributed by atoms with Crippen molar-refractivity contribution in [3.8, 4) is 0 Å². The highest BCUT2D eigenvalue weighted by Gasteiger charge is 2.11. The maximum atomic E-state index is 12.3. The van der Waals surface area contributed by atoms with Crippen LogP contribution in [0.3, 0.4) is 0 Å². The van der Waals surface area contributed by atoms with E-state index in [-0.39, 0.29) is 5.91 Å². The van der Waals surface area contributed by atoms with E-state index in [1.54, 1.807) is 6.07 Å². The first-order valence-electron chi connectivity index (χ1n) is 6.78. The second-order valence-electron chi connectivity index (χ2n) is 5.03. The molecule has 1 amide bonds. The maximum Gasteiger partial charge on any atom is 0.256 e. The Hall–Kier alpha value is -2.29. The average Bonchev–Trinajstić information content (AvgIpc) is 2.43. The van der Waals surface area contributed by atoms with E-state index < -0.39 is 0 Å². The molecule has 0 aliphatic rings. The third kappa shape index (κ3) is 2.99. The first-order valence-corrected chi connectivity index (χ1v) is 6.78. The summed E-state index contributed by atoms with van der Waals surface area (Å²) in [6.45, 7) is 5.96. The van der Waals surface area contributed by atoms with Gasteiger partial charge in [-0.2, -0.15) is 0 Å². The fourth-order valence-corrected chi connectivity index (χ4v) is 2.14. The highest BCUT2D eigenvalue weighted by Crippen LogP contribution is 2.19. The van der Waals surface area contributed by atoms with Crippen molar-refractivity contribution in [3.05, 3.63) is 58.7 Å². The number of amides is 1. The molecule has 0 atom stereocenters. The Bertz CT molecular complexity index is 630. The molecule has 0 fully saturated rings. The van der Waals surface area contributed by atoms with Gasteiger partial charge < -0.3 is 11.1 Å². The summed E-state index contributed by atoms with van der Waals surface area (Å²) in [4.78, 5) is 12.3. The number of anilines is 2. The SMILES string of the molecule is CCc1ccc(NC(=O)c2cc(N)c(C)cc2C)cc1. The summed E-state index contributed by atoms with van der Waals surface area (Å²) in [5, 5.41) is 2.90. The fourth-order valence-electron chi connectivity index (χ4n) is 2.14. The summed E-state index contributed by atoms with van der Waals surface area (Å²) in [6.07, 6.45) is 0.988. The second kappa shape index (κ2) is 5.78. The van der Waals surface area contributed by atoms with Crippen LogP contribution in [0.2, 0.25) is 0 Å². The average molecular weight is 268 g/mol. The van der Waals surface area contributed by atoms with Crippen molar-refractivity contribution in [2.75, 3.05) is 11.1 Å². The molecule has 0 unspecified atom stereocenters. The van der Waals surface area contributed by atoms with Gasteiger partial charge >= 0.3 is 0 Å². The topological polar surface area (TPSA) is 55.1 Å². The number of hydrogen-bond donors (Lipinski definition) is 2. The summed E-state index contributed by atoms with van der Waals surface area (Å²) >= 11 is 0. The first-order chi connectivity index (χ1) is 9.51. The molecule has 0 heterocycles. The molecule has 20 heavy (non-hydrogen) atoms. The van der Waals surface area contributed by atoms with Crippen molar-refractivity contribution in [1.29, 1.82) is 0 Å². The number of nitrogens with one attached hydrogen (secondary N) is 1. The minimum Gasteiger partial charge on any atom is -0.398 e. The van der Waals surface area contributed by atoms with E-state index in [1.807, 2.05) is 44.2 Å². The lowest BCUT2D eigenvalue weighted by Crippen LogP contribution is -2.14. The van der Waals surface area contributed by atoms with Crippen LogP contribution in [0.5, 0.6) is 0 Å². The molecule has 0 saturated carbocycles. The number of rotatable bonds is 3. The number of benzene rings is 2. The van der Waals surface area contributed by atoms with Crippen LogP contribution in [-0.4, -0.2) is 5.91 Å². The molecule has 3 nitrogen and oxygen atoms in total. The molecular weight excluding hydrogens is 248 g/mol. The quantitative estimate of drug-likeness (QED) is 0.834. The Balaban J connectivity index is 2.21. The Morgan fingerprint density at radius 3 is 2.35 bits per heavy atom. The normalized spacial score (nSPS) is 10.3. The van der Waals surface area contributed by atoms with Crippen molar-refractivity contribution in [2.24, 2.45) is 0 Å². The highest BCUT2D eigenvalue weighted by molar-refractivity contribution is 6.05. The van der Waals surface area contributed by atoms with E-state index in [4.69, 9.17) is 5.73 Å². The summed E-state index contributed by atoms with van der Waals surface area (Å²) in [5.74, 6) is -0.126. The Kier molecular flexibility index (Phi) is 4.08. The lowest BCUT2D eigenvalue weighted by molar-refractivity contribution is 0.102. The van der Waals surface area contributed by atoms with Gasteiger partial charge in [0.1, 0.15) is 0 Å². The maximum absolute atomic E-state index is 12.3. The molecular formula is C17H20N2O. The minimum atomic E-state index is -0.126. The summed E-state index contributed by atoms with van der Waals surface area (Å²) in [5.41, 5.74) is 11.1. The number of carbonyl (C=O) groups is 1. The molecule has 0 aliphatic heterocycles. The van der Waals surface area contributed by atoms with Crippen molar-refractivity contribution in [1.82, 2.24) is 0 Å². The smallest absolute Gasteiger partial charge is 0.256 e.